The van der Waals surface area contributed by atoms with Gasteiger partial charge in [0.1, 0.15) is 5.01 Å². The summed E-state index contributed by atoms with van der Waals surface area (Å²) in [6, 6.07) is 0. The van der Waals surface area contributed by atoms with Gasteiger partial charge in [0.15, 0.2) is 0 Å². The Balaban J connectivity index is 2.57. The maximum atomic E-state index is 4.68. The highest BCUT2D eigenvalue weighted by Gasteiger charge is 2.08. The lowest BCUT2D eigenvalue weighted by atomic mass is 10.3. The van der Waals surface area contributed by atoms with Gasteiger partial charge in [0.2, 0.25) is 0 Å². The highest BCUT2D eigenvalue weighted by molar-refractivity contribution is 7.98. The second-order valence-electron chi connectivity index (χ2n) is 3.41. The zero-order valence-electron chi connectivity index (χ0n) is 9.80. The van der Waals surface area contributed by atoms with E-state index in [9.17, 15) is 0 Å². The van der Waals surface area contributed by atoms with Crippen molar-refractivity contribution >= 4 is 23.1 Å². The van der Waals surface area contributed by atoms with E-state index in [0.717, 1.165) is 18.7 Å². The molecule has 1 aromatic rings. The predicted molar refractivity (Wildman–Crippen MR) is 70.7 cm³/mol. The highest BCUT2D eigenvalue weighted by atomic mass is 32.2. The van der Waals surface area contributed by atoms with E-state index in [1.165, 1.54) is 27.8 Å². The molecule has 1 heterocycles. The molecule has 1 N–H and O–H groups in total. The van der Waals surface area contributed by atoms with Gasteiger partial charge in [-0.3, -0.25) is 0 Å². The van der Waals surface area contributed by atoms with Crippen molar-refractivity contribution < 1.29 is 0 Å². The average molecular weight is 244 g/mol. The second-order valence-corrected chi connectivity index (χ2v) is 5.69. The van der Waals surface area contributed by atoms with Crippen LogP contribution in [0.2, 0.25) is 0 Å². The van der Waals surface area contributed by atoms with Crippen LogP contribution in [0, 0.1) is 0 Å². The Morgan fingerprint density at radius 3 is 2.80 bits per heavy atom. The third-order valence-electron chi connectivity index (χ3n) is 2.07. The van der Waals surface area contributed by atoms with Gasteiger partial charge in [-0.2, -0.15) is 11.8 Å². The Morgan fingerprint density at radius 2 is 2.20 bits per heavy atom. The van der Waals surface area contributed by atoms with Crippen LogP contribution in [0.4, 0.5) is 0 Å². The van der Waals surface area contributed by atoms with Crippen molar-refractivity contribution in [2.24, 2.45) is 0 Å². The van der Waals surface area contributed by atoms with Gasteiger partial charge >= 0.3 is 0 Å². The van der Waals surface area contributed by atoms with Crippen molar-refractivity contribution in [3.8, 4) is 0 Å². The number of hydrogen-bond donors (Lipinski definition) is 1. The van der Waals surface area contributed by atoms with E-state index < -0.39 is 0 Å². The Bertz CT molecular complexity index is 284. The number of aromatic nitrogens is 1. The molecule has 0 radical (unpaired) electrons. The summed E-state index contributed by atoms with van der Waals surface area (Å²) < 4.78 is 0. The van der Waals surface area contributed by atoms with Gasteiger partial charge in [0.25, 0.3) is 0 Å². The van der Waals surface area contributed by atoms with Crippen LogP contribution in [-0.4, -0.2) is 17.8 Å². The lowest BCUT2D eigenvalue weighted by Crippen LogP contribution is -2.05. The molecule has 0 spiro atoms. The summed E-state index contributed by atoms with van der Waals surface area (Å²) in [5.41, 5.74) is 1.28. The Labute approximate surface area is 101 Å². The van der Waals surface area contributed by atoms with Crippen molar-refractivity contribution in [1.82, 2.24) is 10.3 Å². The minimum absolute atomic E-state index is 0.958. The largest absolute Gasteiger partial charge is 0.315 e. The van der Waals surface area contributed by atoms with Crippen LogP contribution < -0.4 is 5.32 Å². The summed E-state index contributed by atoms with van der Waals surface area (Å²) in [6.07, 6.45) is 2.30. The van der Waals surface area contributed by atoms with Gasteiger partial charge in [-0.15, -0.1) is 11.3 Å². The summed E-state index contributed by atoms with van der Waals surface area (Å²) in [5, 5.41) is 4.49. The maximum absolute atomic E-state index is 4.68. The first-order chi connectivity index (χ1) is 7.31. The SMILES string of the molecule is CCCSCc1nc(CC)c(CNC)s1. The van der Waals surface area contributed by atoms with Crippen LogP contribution in [0.1, 0.15) is 35.8 Å². The number of thioether (sulfide) groups is 1. The average Bonchev–Trinajstić information content (AvgIpc) is 2.62. The zero-order chi connectivity index (χ0) is 11.1. The fourth-order valence-electron chi connectivity index (χ4n) is 1.38. The molecule has 86 valence electrons. The molecular weight excluding hydrogens is 224 g/mol. The molecule has 0 atom stereocenters. The molecule has 0 saturated carbocycles. The van der Waals surface area contributed by atoms with Gasteiger partial charge in [-0.1, -0.05) is 13.8 Å². The third-order valence-corrected chi connectivity index (χ3v) is 4.52. The smallest absolute Gasteiger partial charge is 0.103 e. The van der Waals surface area contributed by atoms with Crippen LogP contribution in [0.15, 0.2) is 0 Å². The van der Waals surface area contributed by atoms with Crippen LogP contribution in [-0.2, 0) is 18.7 Å². The normalized spacial score (nSPS) is 10.9. The van der Waals surface area contributed by atoms with Crippen molar-refractivity contribution in [2.45, 2.75) is 39.0 Å². The fraction of sp³-hybridized carbons (Fsp3) is 0.727. The Morgan fingerprint density at radius 1 is 1.40 bits per heavy atom. The summed E-state index contributed by atoms with van der Waals surface area (Å²) in [6.45, 7) is 5.36. The quantitative estimate of drug-likeness (QED) is 0.746. The van der Waals surface area contributed by atoms with E-state index >= 15 is 0 Å². The summed E-state index contributed by atoms with van der Waals surface area (Å²) in [5.74, 6) is 2.32. The maximum Gasteiger partial charge on any atom is 0.103 e. The molecule has 0 unspecified atom stereocenters. The van der Waals surface area contributed by atoms with Crippen LogP contribution in [0.3, 0.4) is 0 Å². The Kier molecular flexibility index (Phi) is 6.29. The van der Waals surface area contributed by atoms with Crippen molar-refractivity contribution in [1.29, 1.82) is 0 Å². The van der Waals surface area contributed by atoms with Crippen LogP contribution >= 0.6 is 23.1 Å². The van der Waals surface area contributed by atoms with Crippen LogP contribution in [0.5, 0.6) is 0 Å². The molecule has 0 fully saturated rings. The van der Waals surface area contributed by atoms with Gasteiger partial charge in [0.05, 0.1) is 5.69 Å². The minimum atomic E-state index is 0.958. The van der Waals surface area contributed by atoms with E-state index in [1.54, 1.807) is 0 Å². The van der Waals surface area contributed by atoms with E-state index in [4.69, 9.17) is 0 Å². The van der Waals surface area contributed by atoms with Gasteiger partial charge < -0.3 is 5.32 Å². The molecule has 0 saturated heterocycles. The number of hydrogen-bond acceptors (Lipinski definition) is 4. The number of nitrogens with zero attached hydrogens (tertiary/aromatic N) is 1. The molecule has 0 amide bonds. The lowest BCUT2D eigenvalue weighted by molar-refractivity contribution is 0.814. The molecule has 0 bridgehead atoms. The zero-order valence-corrected chi connectivity index (χ0v) is 11.4. The predicted octanol–water partition coefficient (Wildman–Crippen LogP) is 3.07. The Hall–Kier alpha value is -0.0600. The van der Waals surface area contributed by atoms with E-state index in [0.29, 0.717) is 0 Å². The molecule has 0 aromatic carbocycles. The minimum Gasteiger partial charge on any atom is -0.315 e. The third kappa shape index (κ3) is 4.13. The number of aryl methyl sites for hydroxylation is 1. The van der Waals surface area contributed by atoms with Crippen molar-refractivity contribution in [3.63, 3.8) is 0 Å². The van der Waals surface area contributed by atoms with Gasteiger partial charge in [-0.25, -0.2) is 4.98 Å². The number of rotatable bonds is 7. The highest BCUT2D eigenvalue weighted by Crippen LogP contribution is 2.23. The van der Waals surface area contributed by atoms with Crippen LogP contribution in [0.25, 0.3) is 0 Å². The lowest BCUT2D eigenvalue weighted by Gasteiger charge is -1.96. The van der Waals surface area contributed by atoms with Gasteiger partial charge in [-0.05, 0) is 25.6 Å². The van der Waals surface area contributed by atoms with Gasteiger partial charge in [0, 0.05) is 17.2 Å². The first-order valence-electron chi connectivity index (χ1n) is 5.51. The molecule has 15 heavy (non-hydrogen) atoms. The summed E-state index contributed by atoms with van der Waals surface area (Å²) in [4.78, 5) is 6.09. The van der Waals surface area contributed by atoms with E-state index in [-0.39, 0.29) is 0 Å². The molecule has 0 aliphatic carbocycles. The van der Waals surface area contributed by atoms with E-state index in [1.807, 2.05) is 30.1 Å². The number of nitrogens with one attached hydrogen (secondary N) is 1. The molecule has 2 nitrogen and oxygen atoms in total. The summed E-state index contributed by atoms with van der Waals surface area (Å²) in [7, 11) is 1.99. The fourth-order valence-corrected chi connectivity index (χ4v) is 3.50. The monoisotopic (exact) mass is 244 g/mol. The molecule has 0 aliphatic heterocycles. The van der Waals surface area contributed by atoms with E-state index in [2.05, 4.69) is 24.1 Å². The number of thiazole rings is 1. The van der Waals surface area contributed by atoms with Crippen molar-refractivity contribution in [2.75, 3.05) is 12.8 Å². The molecule has 0 aliphatic rings. The summed E-state index contributed by atoms with van der Waals surface area (Å²) >= 11 is 3.85. The second kappa shape index (κ2) is 7.25. The molecule has 1 aromatic heterocycles. The van der Waals surface area contributed by atoms with Crippen molar-refractivity contribution in [3.05, 3.63) is 15.6 Å². The topological polar surface area (TPSA) is 24.9 Å². The molecule has 4 heteroatoms. The molecular formula is C11H20N2S2. The molecule has 1 rings (SSSR count). The first-order valence-corrected chi connectivity index (χ1v) is 7.48. The first kappa shape index (κ1) is 13.0. The standard InChI is InChI=1S/C11H20N2S2/c1-4-6-14-8-11-13-9(5-2)10(15-11)7-12-3/h12H,4-8H2,1-3H3.